The number of carbonyl (C=O) groups is 1. The molecule has 0 saturated carbocycles. The number of benzene rings is 1. The van der Waals surface area contributed by atoms with Crippen molar-refractivity contribution in [1.29, 1.82) is 0 Å². The molecule has 5 heteroatoms. The summed E-state index contributed by atoms with van der Waals surface area (Å²) >= 11 is 0. The number of nitrogens with one attached hydrogen (secondary N) is 2. The number of carbonyl (C=O) groups excluding carboxylic acids is 1. The number of anilines is 1. The molecule has 2 aromatic heterocycles. The molecule has 2 heterocycles. The lowest BCUT2D eigenvalue weighted by Crippen LogP contribution is -1.93. The summed E-state index contributed by atoms with van der Waals surface area (Å²) in [5, 5.41) is 2.64. The van der Waals surface area contributed by atoms with Crippen molar-refractivity contribution in [2.75, 3.05) is 5.32 Å². The van der Waals surface area contributed by atoms with Crippen LogP contribution in [0.15, 0.2) is 42.7 Å². The zero-order valence-electron chi connectivity index (χ0n) is 9.42. The van der Waals surface area contributed by atoms with Crippen LogP contribution in [-0.2, 0) is 4.79 Å². The van der Waals surface area contributed by atoms with E-state index in [1.54, 1.807) is 12.4 Å². The van der Waals surface area contributed by atoms with Gasteiger partial charge in [0.15, 0.2) is 0 Å². The third-order valence-electron chi connectivity index (χ3n) is 2.66. The van der Waals surface area contributed by atoms with E-state index < -0.39 is 0 Å². The molecule has 1 amide bonds. The average molecular weight is 238 g/mol. The summed E-state index contributed by atoms with van der Waals surface area (Å²) in [4.78, 5) is 22.3. The van der Waals surface area contributed by atoms with E-state index in [-0.39, 0.29) is 0 Å². The van der Waals surface area contributed by atoms with E-state index in [1.807, 2.05) is 30.3 Å². The molecule has 2 N–H and O–H groups in total. The first-order valence-corrected chi connectivity index (χ1v) is 5.48. The number of fused-ring (bicyclic) bond motifs is 1. The molecule has 0 saturated heterocycles. The number of aromatic amines is 1. The largest absolute Gasteiger partial charge is 0.338 e. The fourth-order valence-corrected chi connectivity index (χ4v) is 1.85. The van der Waals surface area contributed by atoms with Crippen LogP contribution in [0.25, 0.3) is 22.4 Å². The molecular formula is C13H10N4O. The number of aromatic nitrogens is 3. The Morgan fingerprint density at radius 2 is 2.17 bits per heavy atom. The molecule has 0 fully saturated rings. The van der Waals surface area contributed by atoms with Crippen molar-refractivity contribution in [1.82, 2.24) is 15.0 Å². The molecule has 0 atom stereocenters. The second kappa shape index (κ2) is 4.29. The van der Waals surface area contributed by atoms with Crippen molar-refractivity contribution in [3.05, 3.63) is 42.7 Å². The van der Waals surface area contributed by atoms with E-state index in [0.717, 1.165) is 22.4 Å². The van der Waals surface area contributed by atoms with Gasteiger partial charge in [0.05, 0.1) is 11.2 Å². The Hall–Kier alpha value is -2.69. The first kappa shape index (κ1) is 10.5. The smallest absolute Gasteiger partial charge is 0.211 e. The highest BCUT2D eigenvalue weighted by molar-refractivity contribution is 5.94. The van der Waals surface area contributed by atoms with E-state index in [1.165, 1.54) is 0 Å². The highest BCUT2D eigenvalue weighted by Crippen LogP contribution is 2.24. The fourth-order valence-electron chi connectivity index (χ4n) is 1.85. The summed E-state index contributed by atoms with van der Waals surface area (Å²) in [5.74, 6) is 0.734. The molecular weight excluding hydrogens is 228 g/mol. The number of para-hydroxylation sites is 1. The third kappa shape index (κ3) is 1.71. The Labute approximate surface area is 103 Å². The van der Waals surface area contributed by atoms with Gasteiger partial charge in [-0.15, -0.1) is 0 Å². The number of pyridine rings is 1. The molecule has 0 unspecified atom stereocenters. The predicted molar refractivity (Wildman–Crippen MR) is 69.0 cm³/mol. The van der Waals surface area contributed by atoms with Crippen LogP contribution in [0.4, 0.5) is 5.69 Å². The van der Waals surface area contributed by atoms with E-state index in [2.05, 4.69) is 20.3 Å². The number of hydrogen-bond donors (Lipinski definition) is 2. The highest BCUT2D eigenvalue weighted by Gasteiger charge is 2.08. The second-order valence-corrected chi connectivity index (χ2v) is 3.79. The second-order valence-electron chi connectivity index (χ2n) is 3.79. The summed E-state index contributed by atoms with van der Waals surface area (Å²) in [6, 6.07) is 9.37. The van der Waals surface area contributed by atoms with Crippen LogP contribution in [0, 0.1) is 0 Å². The zero-order valence-corrected chi connectivity index (χ0v) is 9.42. The molecule has 5 nitrogen and oxygen atoms in total. The molecule has 0 aliphatic heterocycles. The van der Waals surface area contributed by atoms with Crippen molar-refractivity contribution in [3.8, 4) is 11.4 Å². The minimum Gasteiger partial charge on any atom is -0.338 e. The van der Waals surface area contributed by atoms with Gasteiger partial charge in [-0.05, 0) is 24.3 Å². The van der Waals surface area contributed by atoms with Gasteiger partial charge in [-0.1, -0.05) is 6.07 Å². The number of hydrogen-bond acceptors (Lipinski definition) is 3. The number of imidazole rings is 1. The molecule has 0 aliphatic rings. The summed E-state index contributed by atoms with van der Waals surface area (Å²) in [6.45, 7) is 0. The van der Waals surface area contributed by atoms with Gasteiger partial charge in [-0.2, -0.15) is 0 Å². The van der Waals surface area contributed by atoms with Crippen LogP contribution in [-0.4, -0.2) is 21.4 Å². The van der Waals surface area contributed by atoms with Gasteiger partial charge in [-0.25, -0.2) is 4.98 Å². The van der Waals surface area contributed by atoms with Gasteiger partial charge in [0.1, 0.15) is 11.3 Å². The molecule has 1 aromatic carbocycles. The normalized spacial score (nSPS) is 10.4. The van der Waals surface area contributed by atoms with E-state index >= 15 is 0 Å². The monoisotopic (exact) mass is 238 g/mol. The Morgan fingerprint density at radius 3 is 2.94 bits per heavy atom. The van der Waals surface area contributed by atoms with Crippen molar-refractivity contribution < 1.29 is 4.79 Å². The fraction of sp³-hybridized carbons (Fsp3) is 0. The molecule has 0 bridgehead atoms. The summed E-state index contributed by atoms with van der Waals surface area (Å²) in [6.07, 6.45) is 4.10. The molecule has 0 spiro atoms. The zero-order chi connectivity index (χ0) is 12.4. The van der Waals surface area contributed by atoms with Gasteiger partial charge in [0.25, 0.3) is 0 Å². The van der Waals surface area contributed by atoms with Crippen LogP contribution in [0.2, 0.25) is 0 Å². The topological polar surface area (TPSA) is 70.7 Å². The number of rotatable bonds is 3. The third-order valence-corrected chi connectivity index (χ3v) is 2.66. The molecule has 0 radical (unpaired) electrons. The Kier molecular flexibility index (Phi) is 2.49. The Morgan fingerprint density at radius 1 is 1.22 bits per heavy atom. The lowest BCUT2D eigenvalue weighted by Gasteiger charge is -1.97. The number of H-pyrrole nitrogens is 1. The van der Waals surface area contributed by atoms with Gasteiger partial charge < -0.3 is 10.3 Å². The minimum absolute atomic E-state index is 0.646. The van der Waals surface area contributed by atoms with Crippen LogP contribution in [0.3, 0.4) is 0 Å². The lowest BCUT2D eigenvalue weighted by atomic mass is 10.3. The maximum absolute atomic E-state index is 10.5. The van der Waals surface area contributed by atoms with Gasteiger partial charge >= 0.3 is 0 Å². The maximum Gasteiger partial charge on any atom is 0.211 e. The molecule has 3 aromatic rings. The van der Waals surface area contributed by atoms with Gasteiger partial charge in [0.2, 0.25) is 6.41 Å². The summed E-state index contributed by atoms with van der Waals surface area (Å²) in [5.41, 5.74) is 3.21. The lowest BCUT2D eigenvalue weighted by molar-refractivity contribution is -0.105. The van der Waals surface area contributed by atoms with Crippen LogP contribution < -0.4 is 5.32 Å². The molecule has 18 heavy (non-hydrogen) atoms. The predicted octanol–water partition coefficient (Wildman–Crippen LogP) is 2.19. The average Bonchev–Trinajstić information content (AvgIpc) is 2.85. The summed E-state index contributed by atoms with van der Waals surface area (Å²) in [7, 11) is 0. The SMILES string of the molecule is O=CNc1cccc2[nH]c(-c3cccnc3)nc12. The maximum atomic E-state index is 10.5. The van der Waals surface area contributed by atoms with Gasteiger partial charge in [0, 0.05) is 18.0 Å². The standard InChI is InChI=1S/C13H10N4O/c18-8-15-10-4-1-5-11-12(10)17-13(16-11)9-3-2-6-14-7-9/h1-8H,(H,15,18)(H,16,17). The minimum atomic E-state index is 0.646. The highest BCUT2D eigenvalue weighted by atomic mass is 16.1. The van der Waals surface area contributed by atoms with Crippen molar-refractivity contribution in [2.45, 2.75) is 0 Å². The van der Waals surface area contributed by atoms with Crippen molar-refractivity contribution >= 4 is 23.1 Å². The van der Waals surface area contributed by atoms with Gasteiger partial charge in [-0.3, -0.25) is 9.78 Å². The number of nitrogens with zero attached hydrogens (tertiary/aromatic N) is 2. The van der Waals surface area contributed by atoms with Crippen LogP contribution >= 0.6 is 0 Å². The Bertz CT molecular complexity index is 691. The quantitative estimate of drug-likeness (QED) is 0.687. The molecule has 88 valence electrons. The van der Waals surface area contributed by atoms with Crippen LogP contribution in [0.1, 0.15) is 0 Å². The number of amides is 1. The van der Waals surface area contributed by atoms with E-state index in [0.29, 0.717) is 12.1 Å². The van der Waals surface area contributed by atoms with Crippen molar-refractivity contribution in [3.63, 3.8) is 0 Å². The van der Waals surface area contributed by atoms with Crippen LogP contribution in [0.5, 0.6) is 0 Å². The first-order valence-electron chi connectivity index (χ1n) is 5.48. The molecule has 0 aliphatic carbocycles. The van der Waals surface area contributed by atoms with E-state index in [9.17, 15) is 4.79 Å². The summed E-state index contributed by atoms with van der Waals surface area (Å²) < 4.78 is 0. The first-order chi connectivity index (χ1) is 8.88. The van der Waals surface area contributed by atoms with E-state index in [4.69, 9.17) is 0 Å². The Balaban J connectivity index is 2.17. The van der Waals surface area contributed by atoms with Crippen molar-refractivity contribution in [2.24, 2.45) is 0 Å². The molecule has 3 rings (SSSR count).